The van der Waals surface area contributed by atoms with E-state index >= 15 is 0 Å². The Hall–Kier alpha value is -1.13. The van der Waals surface area contributed by atoms with Crippen LogP contribution < -0.4 is 5.56 Å². The Morgan fingerprint density at radius 2 is 2.43 bits per heavy atom. The summed E-state index contributed by atoms with van der Waals surface area (Å²) in [5.41, 5.74) is 0.847. The lowest BCUT2D eigenvalue weighted by Gasteiger charge is -2.02. The molecule has 72 valence electrons. The molecule has 0 fully saturated rings. The van der Waals surface area contributed by atoms with E-state index in [1.807, 2.05) is 16.8 Å². The number of nitrogens with zero attached hydrogens (tertiary/aromatic N) is 2. The zero-order valence-corrected chi connectivity index (χ0v) is 8.76. The van der Waals surface area contributed by atoms with Crippen LogP contribution in [0.1, 0.15) is 5.56 Å². The Kier molecular flexibility index (Phi) is 2.65. The van der Waals surface area contributed by atoms with E-state index in [-0.39, 0.29) is 10.7 Å². The lowest BCUT2D eigenvalue weighted by Crippen LogP contribution is -2.20. The second-order valence-corrected chi connectivity index (χ2v) is 3.92. The fourth-order valence-corrected chi connectivity index (χ4v) is 1.95. The van der Waals surface area contributed by atoms with Gasteiger partial charge in [-0.25, -0.2) is 4.98 Å². The molecule has 0 saturated heterocycles. The van der Waals surface area contributed by atoms with Crippen molar-refractivity contribution in [3.8, 4) is 0 Å². The van der Waals surface area contributed by atoms with Gasteiger partial charge in [0.15, 0.2) is 5.15 Å². The monoisotopic (exact) mass is 226 g/mol. The minimum absolute atomic E-state index is 0.0164. The highest BCUT2D eigenvalue weighted by Crippen LogP contribution is 2.07. The number of halogens is 1. The number of hydrogen-bond donors (Lipinski definition) is 0. The molecule has 0 unspecified atom stereocenters. The highest BCUT2D eigenvalue weighted by Gasteiger charge is 2.02. The molecule has 0 spiro atoms. The van der Waals surface area contributed by atoms with E-state index in [1.54, 1.807) is 17.5 Å². The lowest BCUT2D eigenvalue weighted by atomic mass is 10.3. The number of aromatic nitrogens is 2. The van der Waals surface area contributed by atoms with Crippen molar-refractivity contribution in [1.29, 1.82) is 0 Å². The quantitative estimate of drug-likeness (QED) is 0.785. The van der Waals surface area contributed by atoms with E-state index in [9.17, 15) is 4.79 Å². The van der Waals surface area contributed by atoms with E-state index in [4.69, 9.17) is 11.6 Å². The standard InChI is InChI=1S/C9H7ClN2OS/c10-8-9(13)12(3-2-11-8)5-7-1-4-14-6-7/h1-4,6H,5H2. The van der Waals surface area contributed by atoms with Crippen molar-refractivity contribution >= 4 is 22.9 Å². The summed E-state index contributed by atoms with van der Waals surface area (Å²) in [6.45, 7) is 0.546. The third-order valence-electron chi connectivity index (χ3n) is 1.80. The van der Waals surface area contributed by atoms with Crippen LogP contribution in [-0.4, -0.2) is 9.55 Å². The fourth-order valence-electron chi connectivity index (χ4n) is 1.12. The zero-order chi connectivity index (χ0) is 9.97. The molecule has 14 heavy (non-hydrogen) atoms. The molecule has 0 radical (unpaired) electrons. The van der Waals surface area contributed by atoms with Crippen LogP contribution in [0.15, 0.2) is 34.0 Å². The van der Waals surface area contributed by atoms with Crippen LogP contribution in [-0.2, 0) is 6.54 Å². The van der Waals surface area contributed by atoms with Crippen molar-refractivity contribution in [3.63, 3.8) is 0 Å². The molecule has 0 N–H and O–H groups in total. The molecule has 2 heterocycles. The number of hydrogen-bond acceptors (Lipinski definition) is 3. The maximum Gasteiger partial charge on any atom is 0.288 e. The SMILES string of the molecule is O=c1c(Cl)nccn1Cc1ccsc1. The predicted molar refractivity (Wildman–Crippen MR) is 56.9 cm³/mol. The van der Waals surface area contributed by atoms with Crippen molar-refractivity contribution < 1.29 is 0 Å². The van der Waals surface area contributed by atoms with Crippen LogP contribution in [0.4, 0.5) is 0 Å². The zero-order valence-electron chi connectivity index (χ0n) is 7.18. The largest absolute Gasteiger partial charge is 0.307 e. The Bertz CT molecular complexity index is 478. The summed E-state index contributed by atoms with van der Waals surface area (Å²) in [7, 11) is 0. The van der Waals surface area contributed by atoms with E-state index in [0.717, 1.165) is 5.56 Å². The first-order valence-corrected chi connectivity index (χ1v) is 5.31. The van der Waals surface area contributed by atoms with Gasteiger partial charge < -0.3 is 4.57 Å². The summed E-state index contributed by atoms with van der Waals surface area (Å²) in [6.07, 6.45) is 3.15. The van der Waals surface area contributed by atoms with Gasteiger partial charge in [0.25, 0.3) is 5.56 Å². The molecule has 0 saturated carbocycles. The van der Waals surface area contributed by atoms with Crippen molar-refractivity contribution in [2.75, 3.05) is 0 Å². The third kappa shape index (κ3) is 1.86. The Balaban J connectivity index is 2.34. The molecule has 0 aromatic carbocycles. The van der Waals surface area contributed by atoms with Gasteiger partial charge in [-0.05, 0) is 22.4 Å². The summed E-state index contributed by atoms with van der Waals surface area (Å²) in [5.74, 6) is 0. The normalized spacial score (nSPS) is 10.4. The van der Waals surface area contributed by atoms with Crippen molar-refractivity contribution in [3.05, 3.63) is 50.3 Å². The lowest BCUT2D eigenvalue weighted by molar-refractivity contribution is 0.750. The molecule has 0 aliphatic carbocycles. The molecule has 0 aliphatic heterocycles. The maximum absolute atomic E-state index is 11.5. The Morgan fingerprint density at radius 3 is 3.14 bits per heavy atom. The first-order chi connectivity index (χ1) is 6.77. The van der Waals surface area contributed by atoms with Crippen LogP contribution >= 0.6 is 22.9 Å². The summed E-state index contributed by atoms with van der Waals surface area (Å²) >= 11 is 7.22. The van der Waals surface area contributed by atoms with E-state index in [1.165, 1.54) is 10.8 Å². The number of thiophene rings is 1. The van der Waals surface area contributed by atoms with Crippen LogP contribution in [0.2, 0.25) is 5.15 Å². The molecule has 3 nitrogen and oxygen atoms in total. The molecular weight excluding hydrogens is 220 g/mol. The van der Waals surface area contributed by atoms with Gasteiger partial charge in [-0.1, -0.05) is 11.6 Å². The molecule has 5 heteroatoms. The van der Waals surface area contributed by atoms with Gasteiger partial charge >= 0.3 is 0 Å². The smallest absolute Gasteiger partial charge is 0.288 e. The van der Waals surface area contributed by atoms with Crippen LogP contribution in [0.3, 0.4) is 0 Å². The Labute approximate surface area is 89.6 Å². The summed E-state index contributed by atoms with van der Waals surface area (Å²) in [6, 6.07) is 1.98. The molecule has 2 aromatic rings. The van der Waals surface area contributed by atoms with Gasteiger partial charge in [-0.3, -0.25) is 4.79 Å². The molecule has 0 bridgehead atoms. The van der Waals surface area contributed by atoms with Crippen LogP contribution in [0.5, 0.6) is 0 Å². The highest BCUT2D eigenvalue weighted by atomic mass is 35.5. The third-order valence-corrected chi connectivity index (χ3v) is 2.80. The van der Waals surface area contributed by atoms with Crippen LogP contribution in [0.25, 0.3) is 0 Å². The first kappa shape index (κ1) is 9.43. The van der Waals surface area contributed by atoms with Gasteiger partial charge in [0.1, 0.15) is 0 Å². The minimum Gasteiger partial charge on any atom is -0.307 e. The average molecular weight is 227 g/mol. The van der Waals surface area contributed by atoms with E-state index in [0.29, 0.717) is 6.54 Å². The molecule has 2 aromatic heterocycles. The van der Waals surface area contributed by atoms with Gasteiger partial charge in [-0.2, -0.15) is 11.3 Å². The number of rotatable bonds is 2. The highest BCUT2D eigenvalue weighted by molar-refractivity contribution is 7.07. The van der Waals surface area contributed by atoms with Gasteiger partial charge in [0.05, 0.1) is 6.54 Å². The minimum atomic E-state index is -0.250. The van der Waals surface area contributed by atoms with Crippen LogP contribution in [0, 0.1) is 0 Å². The summed E-state index contributed by atoms with van der Waals surface area (Å²) in [4.78, 5) is 15.2. The predicted octanol–water partition coefficient (Wildman–Crippen LogP) is 2.01. The summed E-state index contributed by atoms with van der Waals surface area (Å²) in [5, 5.41) is 3.99. The van der Waals surface area contributed by atoms with Crippen molar-refractivity contribution in [1.82, 2.24) is 9.55 Å². The van der Waals surface area contributed by atoms with Gasteiger partial charge in [0.2, 0.25) is 0 Å². The molecule has 0 atom stereocenters. The second-order valence-electron chi connectivity index (χ2n) is 2.78. The van der Waals surface area contributed by atoms with E-state index in [2.05, 4.69) is 4.98 Å². The van der Waals surface area contributed by atoms with Crippen molar-refractivity contribution in [2.45, 2.75) is 6.54 Å². The maximum atomic E-state index is 11.5. The van der Waals surface area contributed by atoms with Gasteiger partial charge in [0, 0.05) is 12.4 Å². The molecule has 0 aliphatic rings. The van der Waals surface area contributed by atoms with Gasteiger partial charge in [-0.15, -0.1) is 0 Å². The molecule has 2 rings (SSSR count). The fraction of sp³-hybridized carbons (Fsp3) is 0.111. The Morgan fingerprint density at radius 1 is 1.57 bits per heavy atom. The van der Waals surface area contributed by atoms with Crippen molar-refractivity contribution in [2.24, 2.45) is 0 Å². The topological polar surface area (TPSA) is 34.9 Å². The summed E-state index contributed by atoms with van der Waals surface area (Å²) < 4.78 is 1.54. The average Bonchev–Trinajstić information content (AvgIpc) is 2.66. The van der Waals surface area contributed by atoms with E-state index < -0.39 is 0 Å². The first-order valence-electron chi connectivity index (χ1n) is 3.99. The molecular formula is C9H7ClN2OS. The second kappa shape index (κ2) is 3.94. The molecule has 0 amide bonds.